The van der Waals surface area contributed by atoms with E-state index >= 15 is 0 Å². The molecule has 0 aliphatic heterocycles. The van der Waals surface area contributed by atoms with Crippen LogP contribution in [0.5, 0.6) is 11.5 Å². The lowest BCUT2D eigenvalue weighted by Crippen LogP contribution is -2.42. The molecule has 4 atom stereocenters. The highest BCUT2D eigenvalue weighted by Crippen LogP contribution is 2.32. The molecule has 278 valence electrons. The van der Waals surface area contributed by atoms with Gasteiger partial charge in [0.25, 0.3) is 0 Å². The molecule has 8 N–H and O–H groups in total. The summed E-state index contributed by atoms with van der Waals surface area (Å²) in [6.45, 7) is 16.9. The molecule has 0 aliphatic carbocycles. The molecule has 0 aliphatic rings. The summed E-state index contributed by atoms with van der Waals surface area (Å²) in [6.07, 6.45) is 2.77. The van der Waals surface area contributed by atoms with Gasteiger partial charge in [0.1, 0.15) is 5.78 Å². The first-order valence-corrected chi connectivity index (χ1v) is 17.2. The Bertz CT molecular complexity index is 1110. The van der Waals surface area contributed by atoms with Crippen LogP contribution in [0, 0.1) is 34.5 Å². The average Bonchev–Trinajstić information content (AvgIpc) is 3.02. The first-order chi connectivity index (χ1) is 22.3. The van der Waals surface area contributed by atoms with E-state index in [9.17, 15) is 19.5 Å². The fourth-order valence-electron chi connectivity index (χ4n) is 5.08. The Kier molecular flexibility index (Phi) is 20.8. The molecule has 1 rings (SSSR count). The molecule has 0 saturated carbocycles. The van der Waals surface area contributed by atoms with Crippen molar-refractivity contribution in [2.75, 3.05) is 41.0 Å². The number of ketones is 1. The molecule has 0 bridgehead atoms. The van der Waals surface area contributed by atoms with Gasteiger partial charge in [-0.2, -0.15) is 0 Å². The number of aliphatic hydroxyl groups is 1. The van der Waals surface area contributed by atoms with E-state index in [2.05, 4.69) is 25.2 Å². The summed E-state index contributed by atoms with van der Waals surface area (Å²) in [4.78, 5) is 35.2. The number of carbonyl (C=O) groups excluding carboxylic acids is 3. The third kappa shape index (κ3) is 16.1. The van der Waals surface area contributed by atoms with Crippen LogP contribution in [-0.4, -0.2) is 75.9 Å². The van der Waals surface area contributed by atoms with Gasteiger partial charge in [-0.05, 0) is 82.0 Å². The Morgan fingerprint density at radius 2 is 1.50 bits per heavy atom. The van der Waals surface area contributed by atoms with Crippen LogP contribution >= 0.6 is 0 Å². The van der Waals surface area contributed by atoms with Gasteiger partial charge in [0.2, 0.25) is 11.8 Å². The highest BCUT2D eigenvalue weighted by Gasteiger charge is 2.32. The highest BCUT2D eigenvalue weighted by atomic mass is 16.5. The average molecular weight is 681 g/mol. The molecule has 11 heteroatoms. The molecule has 0 saturated heterocycles. The molecule has 0 fully saturated rings. The van der Waals surface area contributed by atoms with Crippen molar-refractivity contribution in [3.8, 4) is 11.5 Å². The Hall–Kier alpha value is -2.73. The third-order valence-electron chi connectivity index (χ3n) is 9.37. The second kappa shape index (κ2) is 22.1. The predicted molar refractivity (Wildman–Crippen MR) is 193 cm³/mol. The monoisotopic (exact) mass is 681 g/mol. The van der Waals surface area contributed by atoms with E-state index in [0.717, 1.165) is 30.6 Å². The highest BCUT2D eigenvalue weighted by molar-refractivity contribution is 5.84. The molecule has 0 spiro atoms. The van der Waals surface area contributed by atoms with Gasteiger partial charge in [-0.15, -0.1) is 0 Å². The summed E-state index contributed by atoms with van der Waals surface area (Å²) in [5.74, 6) is 1.23. The normalized spacial score (nSPS) is 14.5. The zero-order valence-corrected chi connectivity index (χ0v) is 31.7. The number of nitrogens with one attached hydrogen (secondary N) is 1. The predicted octanol–water partition coefficient (Wildman–Crippen LogP) is 4.24. The van der Waals surface area contributed by atoms with E-state index in [4.69, 9.17) is 31.4 Å². The number of likely N-dealkylation sites (N-methyl/N-ethyl adjacent to an activating group) is 1. The molecule has 48 heavy (non-hydrogen) atoms. The lowest BCUT2D eigenvalue weighted by Gasteiger charge is -2.32. The van der Waals surface area contributed by atoms with Gasteiger partial charge in [-0.25, -0.2) is 0 Å². The van der Waals surface area contributed by atoms with Gasteiger partial charge in [0.15, 0.2) is 11.5 Å². The van der Waals surface area contributed by atoms with E-state index in [1.807, 2.05) is 33.0 Å². The Morgan fingerprint density at radius 3 is 1.94 bits per heavy atom. The molecule has 0 unspecified atom stereocenters. The lowest BCUT2D eigenvalue weighted by atomic mass is 9.78. The van der Waals surface area contributed by atoms with Gasteiger partial charge in [-0.3, -0.25) is 14.4 Å². The van der Waals surface area contributed by atoms with Crippen LogP contribution in [-0.2, 0) is 25.5 Å². The van der Waals surface area contributed by atoms with E-state index in [0.29, 0.717) is 50.2 Å². The first kappa shape index (κ1) is 45.3. The summed E-state index contributed by atoms with van der Waals surface area (Å²) < 4.78 is 16.6. The van der Waals surface area contributed by atoms with Gasteiger partial charge in [-0.1, -0.05) is 47.6 Å². The number of rotatable bonds is 23. The number of amides is 2. The fourth-order valence-corrected chi connectivity index (χ4v) is 5.08. The summed E-state index contributed by atoms with van der Waals surface area (Å²) in [6, 6.07) is 5.90. The number of ether oxygens (including phenoxy) is 3. The Balaban J connectivity index is 0.00000243. The van der Waals surface area contributed by atoms with Crippen molar-refractivity contribution in [2.24, 2.45) is 51.7 Å². The minimum absolute atomic E-state index is 0.0786. The van der Waals surface area contributed by atoms with Crippen LogP contribution in [0.2, 0.25) is 0 Å². The molecule has 11 nitrogen and oxygen atoms in total. The maximum atomic E-state index is 13.2. The molecule has 1 aromatic rings. The Labute approximate surface area is 290 Å². The van der Waals surface area contributed by atoms with Crippen molar-refractivity contribution >= 4 is 17.6 Å². The van der Waals surface area contributed by atoms with Crippen molar-refractivity contribution < 1.29 is 33.7 Å². The van der Waals surface area contributed by atoms with E-state index in [1.165, 1.54) is 0 Å². The maximum Gasteiger partial charge on any atom is 0.224 e. The molecule has 0 radical (unpaired) electrons. The van der Waals surface area contributed by atoms with E-state index in [1.54, 1.807) is 41.9 Å². The standard InChI is InChI=1S/C32H56N2O6.C5H12N2O/c1-21(2)24(17-23-11-12-29(39-9)30(18-23)40-16-10-15-38-8)19-26(34-7)28(36)20-25(22(3)4)27(35)13-14-32(5,6)31(33)37;1-5(2,3-6)4(7)8/h11-12,18,21-22,24-26,28,34,36H,10,13-17,19-20H2,1-9H3,(H2,33,37);3,6H2,1-2H3,(H2,7,8)/t24-,25-,26-,28-;/m0./s1. The maximum absolute atomic E-state index is 13.2. The fraction of sp³-hybridized carbons (Fsp3) is 0.757. The molecular weight excluding hydrogens is 612 g/mol. The van der Waals surface area contributed by atoms with Crippen LogP contribution in [0.3, 0.4) is 0 Å². The van der Waals surface area contributed by atoms with Crippen molar-refractivity contribution in [3.63, 3.8) is 0 Å². The second-order valence-electron chi connectivity index (χ2n) is 14.8. The third-order valence-corrected chi connectivity index (χ3v) is 9.37. The van der Waals surface area contributed by atoms with Crippen molar-refractivity contribution in [1.82, 2.24) is 5.32 Å². The minimum Gasteiger partial charge on any atom is -0.493 e. The number of aliphatic hydroxyl groups excluding tert-OH is 1. The molecule has 0 heterocycles. The first-order valence-electron chi connectivity index (χ1n) is 17.2. The van der Waals surface area contributed by atoms with Crippen LogP contribution in [0.25, 0.3) is 0 Å². The summed E-state index contributed by atoms with van der Waals surface area (Å²) >= 11 is 0. The zero-order valence-electron chi connectivity index (χ0n) is 31.7. The largest absolute Gasteiger partial charge is 0.493 e. The molecular formula is C37H68N4O7. The number of nitrogens with two attached hydrogens (primary N) is 3. The van der Waals surface area contributed by atoms with Crippen molar-refractivity contribution in [3.05, 3.63) is 23.8 Å². The van der Waals surface area contributed by atoms with Gasteiger partial charge < -0.3 is 41.8 Å². The summed E-state index contributed by atoms with van der Waals surface area (Å²) in [5.41, 5.74) is 15.5. The van der Waals surface area contributed by atoms with Crippen LogP contribution in [0.4, 0.5) is 0 Å². The number of primary amides is 2. The number of methoxy groups -OCH3 is 2. The number of Topliss-reactive ketones (excluding diaryl/α,β-unsaturated/α-hetero) is 1. The minimum atomic E-state index is -0.732. The Morgan fingerprint density at radius 1 is 0.896 bits per heavy atom. The van der Waals surface area contributed by atoms with Crippen molar-refractivity contribution in [1.29, 1.82) is 0 Å². The van der Waals surface area contributed by atoms with Gasteiger partial charge in [0.05, 0.1) is 25.2 Å². The number of carbonyl (C=O) groups is 3. The molecule has 2 amide bonds. The van der Waals surface area contributed by atoms with Crippen molar-refractivity contribution in [2.45, 2.75) is 106 Å². The lowest BCUT2D eigenvalue weighted by molar-refractivity contribution is -0.129. The molecule has 0 aromatic heterocycles. The van der Waals surface area contributed by atoms with Crippen LogP contribution in [0.15, 0.2) is 18.2 Å². The van der Waals surface area contributed by atoms with Gasteiger partial charge in [0, 0.05) is 50.5 Å². The second-order valence-corrected chi connectivity index (χ2v) is 14.8. The van der Waals surface area contributed by atoms with Gasteiger partial charge >= 0.3 is 0 Å². The smallest absolute Gasteiger partial charge is 0.224 e. The SMILES string of the molecule is CC(C)(CN)C(N)=O.CN[C@@H](C[C@H](Cc1ccc(OC)c(OCCCOC)c1)C(C)C)[C@@H](O)C[C@H](C(=O)CCC(C)(C)C(N)=O)C(C)C. The quantitative estimate of drug-likeness (QED) is 0.105. The summed E-state index contributed by atoms with van der Waals surface area (Å²) in [7, 11) is 5.18. The van der Waals surface area contributed by atoms with Crippen LogP contribution < -0.4 is 32.0 Å². The van der Waals surface area contributed by atoms with Crippen LogP contribution in [0.1, 0.15) is 93.1 Å². The topological polar surface area (TPSA) is 189 Å². The van der Waals surface area contributed by atoms with E-state index in [-0.39, 0.29) is 36.0 Å². The number of benzene rings is 1. The number of hydrogen-bond donors (Lipinski definition) is 5. The summed E-state index contributed by atoms with van der Waals surface area (Å²) in [5, 5.41) is 14.6. The molecule has 1 aromatic carbocycles. The number of hydrogen-bond acceptors (Lipinski definition) is 9. The zero-order chi connectivity index (χ0) is 37.2. The van der Waals surface area contributed by atoms with E-state index < -0.39 is 22.8 Å².